The highest BCUT2D eigenvalue weighted by Crippen LogP contribution is 2.18. The van der Waals surface area contributed by atoms with Crippen molar-refractivity contribution >= 4 is 17.5 Å². The Bertz CT molecular complexity index is 762. The van der Waals surface area contributed by atoms with Crippen LogP contribution in [0.25, 0.3) is 0 Å². The molecule has 7 heteroatoms. The predicted molar refractivity (Wildman–Crippen MR) is 94.5 cm³/mol. The lowest BCUT2D eigenvalue weighted by atomic mass is 10.1. The number of alkyl halides is 2. The lowest BCUT2D eigenvalue weighted by Crippen LogP contribution is -2.31. The van der Waals surface area contributed by atoms with E-state index in [9.17, 15) is 18.4 Å². The van der Waals surface area contributed by atoms with Crippen molar-refractivity contribution in [3.05, 3.63) is 59.7 Å². The molecular formula is C19H20F2N2O3. The molecule has 2 aromatic rings. The quantitative estimate of drug-likeness (QED) is 0.791. The van der Waals surface area contributed by atoms with Crippen molar-refractivity contribution in [1.82, 2.24) is 5.32 Å². The highest BCUT2D eigenvalue weighted by molar-refractivity contribution is 6.04. The monoisotopic (exact) mass is 362 g/mol. The average Bonchev–Trinajstić information content (AvgIpc) is 2.56. The first-order chi connectivity index (χ1) is 12.3. The van der Waals surface area contributed by atoms with Gasteiger partial charge < -0.3 is 15.4 Å². The van der Waals surface area contributed by atoms with Crippen LogP contribution in [0.1, 0.15) is 29.8 Å². The molecule has 0 saturated carbocycles. The van der Waals surface area contributed by atoms with Gasteiger partial charge in [0, 0.05) is 6.04 Å². The minimum absolute atomic E-state index is 0.0276. The maximum atomic E-state index is 12.2. The topological polar surface area (TPSA) is 67.4 Å². The summed E-state index contributed by atoms with van der Waals surface area (Å²) >= 11 is 0. The van der Waals surface area contributed by atoms with Gasteiger partial charge in [0.1, 0.15) is 5.75 Å². The van der Waals surface area contributed by atoms with E-state index in [1.54, 1.807) is 24.3 Å². The number of halogens is 2. The summed E-state index contributed by atoms with van der Waals surface area (Å²) in [6.07, 6.45) is 0.0368. The number of benzene rings is 2. The molecule has 0 heterocycles. The Morgan fingerprint density at radius 1 is 1.04 bits per heavy atom. The van der Waals surface area contributed by atoms with Crippen molar-refractivity contribution in [1.29, 1.82) is 0 Å². The van der Waals surface area contributed by atoms with Gasteiger partial charge in [-0.3, -0.25) is 9.59 Å². The first kappa shape index (κ1) is 19.4. The molecule has 0 saturated heterocycles. The Balaban J connectivity index is 2.03. The largest absolute Gasteiger partial charge is 0.435 e. The van der Waals surface area contributed by atoms with Crippen LogP contribution in [-0.2, 0) is 11.2 Å². The fraction of sp³-hybridized carbons (Fsp3) is 0.263. The zero-order valence-electron chi connectivity index (χ0n) is 14.5. The molecule has 0 bridgehead atoms. The van der Waals surface area contributed by atoms with E-state index in [4.69, 9.17) is 0 Å². The Kier molecular flexibility index (Phi) is 6.66. The average molecular weight is 362 g/mol. The predicted octanol–water partition coefficient (Wildman–Crippen LogP) is 3.61. The Morgan fingerprint density at radius 2 is 1.69 bits per heavy atom. The van der Waals surface area contributed by atoms with E-state index in [1.165, 1.54) is 24.3 Å². The van der Waals surface area contributed by atoms with Crippen molar-refractivity contribution < 1.29 is 23.1 Å². The van der Waals surface area contributed by atoms with E-state index < -0.39 is 6.61 Å². The van der Waals surface area contributed by atoms with Crippen LogP contribution in [-0.4, -0.2) is 24.5 Å². The summed E-state index contributed by atoms with van der Waals surface area (Å²) in [5, 5.41) is 5.49. The summed E-state index contributed by atoms with van der Waals surface area (Å²) in [6.45, 7) is 0.804. The number of para-hydroxylation sites is 1. The molecule has 0 aliphatic heterocycles. The lowest BCUT2D eigenvalue weighted by molar-refractivity contribution is -0.115. The molecule has 0 aliphatic carbocycles. The van der Waals surface area contributed by atoms with E-state index >= 15 is 0 Å². The highest BCUT2D eigenvalue weighted by Gasteiger charge is 2.14. The van der Waals surface area contributed by atoms with Crippen LogP contribution in [0, 0.1) is 0 Å². The summed E-state index contributed by atoms with van der Waals surface area (Å²) in [4.78, 5) is 24.5. The molecule has 2 aromatic carbocycles. The van der Waals surface area contributed by atoms with Gasteiger partial charge in [0.2, 0.25) is 5.91 Å². The smallest absolute Gasteiger partial charge is 0.387 e. The summed E-state index contributed by atoms with van der Waals surface area (Å²) in [5.41, 5.74) is 1.41. The second kappa shape index (κ2) is 8.94. The summed E-state index contributed by atoms with van der Waals surface area (Å²) < 4.78 is 28.5. The Morgan fingerprint density at radius 3 is 2.31 bits per heavy atom. The minimum atomic E-state index is -2.89. The second-order valence-electron chi connectivity index (χ2n) is 5.92. The SMILES string of the molecule is CC(C)NC(=O)c1ccccc1NC(=O)Cc1ccc(OC(F)F)cc1. The van der Waals surface area contributed by atoms with Crippen LogP contribution in [0.5, 0.6) is 5.75 Å². The van der Waals surface area contributed by atoms with E-state index in [-0.39, 0.29) is 30.0 Å². The van der Waals surface area contributed by atoms with Gasteiger partial charge in [-0.05, 0) is 43.7 Å². The molecule has 2 amide bonds. The normalized spacial score (nSPS) is 10.7. The maximum Gasteiger partial charge on any atom is 0.387 e. The van der Waals surface area contributed by atoms with Crippen molar-refractivity contribution in [2.24, 2.45) is 0 Å². The van der Waals surface area contributed by atoms with Gasteiger partial charge in [0.15, 0.2) is 0 Å². The molecule has 26 heavy (non-hydrogen) atoms. The number of ether oxygens (including phenoxy) is 1. The lowest BCUT2D eigenvalue weighted by Gasteiger charge is -2.13. The van der Waals surface area contributed by atoms with Gasteiger partial charge in [-0.2, -0.15) is 8.78 Å². The number of hydrogen-bond donors (Lipinski definition) is 2. The molecule has 0 unspecified atom stereocenters. The third-order valence-corrected chi connectivity index (χ3v) is 3.38. The molecule has 2 N–H and O–H groups in total. The first-order valence-electron chi connectivity index (χ1n) is 8.08. The van der Waals surface area contributed by atoms with E-state index in [0.29, 0.717) is 16.8 Å². The van der Waals surface area contributed by atoms with Crippen LogP contribution in [0.15, 0.2) is 48.5 Å². The van der Waals surface area contributed by atoms with Gasteiger partial charge in [-0.25, -0.2) is 0 Å². The molecule has 2 rings (SSSR count). The van der Waals surface area contributed by atoms with Crippen LogP contribution in [0.4, 0.5) is 14.5 Å². The third kappa shape index (κ3) is 5.84. The summed E-state index contributed by atoms with van der Waals surface area (Å²) in [6, 6.07) is 12.5. The van der Waals surface area contributed by atoms with Crippen LogP contribution in [0.3, 0.4) is 0 Å². The van der Waals surface area contributed by atoms with E-state index in [2.05, 4.69) is 15.4 Å². The standard InChI is InChI=1S/C19H20F2N2O3/c1-12(2)22-18(25)15-5-3-4-6-16(15)23-17(24)11-13-7-9-14(10-8-13)26-19(20)21/h3-10,12,19H,11H2,1-2H3,(H,22,25)(H,23,24). The minimum Gasteiger partial charge on any atom is -0.435 e. The molecule has 0 atom stereocenters. The molecule has 0 aromatic heterocycles. The number of rotatable bonds is 7. The molecule has 0 aliphatic rings. The van der Waals surface area contributed by atoms with Crippen molar-refractivity contribution in [2.45, 2.75) is 32.9 Å². The number of carbonyl (C=O) groups is 2. The van der Waals surface area contributed by atoms with Crippen LogP contribution >= 0.6 is 0 Å². The number of hydrogen-bond acceptors (Lipinski definition) is 3. The zero-order valence-corrected chi connectivity index (χ0v) is 14.5. The molecule has 0 spiro atoms. The van der Waals surface area contributed by atoms with E-state index in [0.717, 1.165) is 0 Å². The third-order valence-electron chi connectivity index (χ3n) is 3.38. The second-order valence-corrected chi connectivity index (χ2v) is 5.92. The van der Waals surface area contributed by atoms with Crippen LogP contribution < -0.4 is 15.4 Å². The Hall–Kier alpha value is -2.96. The molecule has 0 radical (unpaired) electrons. The van der Waals surface area contributed by atoms with Gasteiger partial charge in [-0.1, -0.05) is 24.3 Å². The van der Waals surface area contributed by atoms with Gasteiger partial charge in [0.25, 0.3) is 5.91 Å². The summed E-state index contributed by atoms with van der Waals surface area (Å²) in [5.74, 6) is -0.568. The highest BCUT2D eigenvalue weighted by atomic mass is 19.3. The number of amides is 2. The number of nitrogens with one attached hydrogen (secondary N) is 2. The van der Waals surface area contributed by atoms with Crippen molar-refractivity contribution in [3.8, 4) is 5.75 Å². The van der Waals surface area contributed by atoms with Crippen LogP contribution in [0.2, 0.25) is 0 Å². The molecule has 5 nitrogen and oxygen atoms in total. The zero-order chi connectivity index (χ0) is 19.1. The molecule has 138 valence electrons. The van der Waals surface area contributed by atoms with Crippen molar-refractivity contribution in [3.63, 3.8) is 0 Å². The fourth-order valence-electron chi connectivity index (χ4n) is 2.30. The number of carbonyl (C=O) groups excluding carboxylic acids is 2. The number of anilines is 1. The maximum absolute atomic E-state index is 12.2. The Labute approximate surface area is 150 Å². The summed E-state index contributed by atoms with van der Waals surface area (Å²) in [7, 11) is 0. The van der Waals surface area contributed by atoms with Gasteiger partial charge in [-0.15, -0.1) is 0 Å². The van der Waals surface area contributed by atoms with Gasteiger partial charge in [0.05, 0.1) is 17.7 Å². The van der Waals surface area contributed by atoms with Gasteiger partial charge >= 0.3 is 6.61 Å². The first-order valence-corrected chi connectivity index (χ1v) is 8.08. The molecular weight excluding hydrogens is 342 g/mol. The van der Waals surface area contributed by atoms with Crippen molar-refractivity contribution in [2.75, 3.05) is 5.32 Å². The fourth-order valence-corrected chi connectivity index (χ4v) is 2.30. The molecule has 0 fully saturated rings. The van der Waals surface area contributed by atoms with E-state index in [1.807, 2.05) is 13.8 Å².